The summed E-state index contributed by atoms with van der Waals surface area (Å²) in [6.45, 7) is 8.83. The predicted molar refractivity (Wildman–Crippen MR) is 91.9 cm³/mol. The molecule has 1 aromatic heterocycles. The smallest absolute Gasteiger partial charge is 0.182 e. The van der Waals surface area contributed by atoms with Gasteiger partial charge in [-0.25, -0.2) is 0 Å². The molecule has 0 saturated heterocycles. The van der Waals surface area contributed by atoms with Crippen LogP contribution in [0.3, 0.4) is 0 Å². The number of nitrogens with zero attached hydrogens (tertiary/aromatic N) is 1. The summed E-state index contributed by atoms with van der Waals surface area (Å²) >= 11 is 5.58. The van der Waals surface area contributed by atoms with Crippen molar-refractivity contribution in [3.05, 3.63) is 58.4 Å². The third kappa shape index (κ3) is 2.32. The molecule has 3 aromatic rings. The summed E-state index contributed by atoms with van der Waals surface area (Å²) in [4.78, 5) is 3.32. The predicted octanol–water partition coefficient (Wildman–Crippen LogP) is 5.29. The van der Waals surface area contributed by atoms with Gasteiger partial charge in [0.25, 0.3) is 0 Å². The zero-order chi connectivity index (χ0) is 15.2. The van der Waals surface area contributed by atoms with Crippen LogP contribution in [0.15, 0.2) is 42.5 Å². The van der Waals surface area contributed by atoms with Crippen molar-refractivity contribution in [3.63, 3.8) is 0 Å². The third-order valence-electron chi connectivity index (χ3n) is 3.86. The van der Waals surface area contributed by atoms with E-state index in [1.807, 2.05) is 0 Å². The van der Waals surface area contributed by atoms with Crippen LogP contribution in [-0.4, -0.2) is 9.55 Å². The molecule has 0 spiro atoms. The van der Waals surface area contributed by atoms with Gasteiger partial charge >= 0.3 is 0 Å². The minimum Gasteiger partial charge on any atom is -0.330 e. The first-order chi connectivity index (χ1) is 9.89. The fraction of sp³-hybridized carbons (Fsp3) is 0.278. The number of H-pyrrole nitrogens is 1. The topological polar surface area (TPSA) is 20.7 Å². The van der Waals surface area contributed by atoms with Gasteiger partial charge in [0.2, 0.25) is 0 Å². The monoisotopic (exact) mass is 296 g/mol. The number of nitrogens with one attached hydrogen (secondary N) is 1. The van der Waals surface area contributed by atoms with Crippen molar-refractivity contribution in [2.45, 2.75) is 33.1 Å². The van der Waals surface area contributed by atoms with E-state index in [0.717, 1.165) is 16.0 Å². The Labute approximate surface area is 130 Å². The van der Waals surface area contributed by atoms with Crippen LogP contribution in [-0.2, 0) is 5.41 Å². The van der Waals surface area contributed by atoms with Crippen molar-refractivity contribution in [2.75, 3.05) is 0 Å². The van der Waals surface area contributed by atoms with E-state index in [2.05, 4.69) is 79.7 Å². The number of aromatic amines is 1. The van der Waals surface area contributed by atoms with Gasteiger partial charge in [0.05, 0.1) is 16.7 Å². The van der Waals surface area contributed by atoms with E-state index in [1.54, 1.807) is 0 Å². The fourth-order valence-electron chi connectivity index (χ4n) is 2.86. The number of aryl methyl sites for hydroxylation is 1. The van der Waals surface area contributed by atoms with Crippen molar-refractivity contribution < 1.29 is 0 Å². The van der Waals surface area contributed by atoms with E-state index < -0.39 is 0 Å². The molecule has 21 heavy (non-hydrogen) atoms. The Morgan fingerprint density at radius 1 is 1.00 bits per heavy atom. The average molecular weight is 296 g/mol. The minimum atomic E-state index is 0.0671. The molecule has 2 aromatic carbocycles. The molecule has 1 heterocycles. The largest absolute Gasteiger partial charge is 0.330 e. The van der Waals surface area contributed by atoms with Gasteiger partial charge in [0.15, 0.2) is 4.77 Å². The number of hydrogen-bond donors (Lipinski definition) is 1. The number of imidazole rings is 1. The third-order valence-corrected chi connectivity index (χ3v) is 4.14. The van der Waals surface area contributed by atoms with E-state index in [1.165, 1.54) is 16.6 Å². The number of para-hydroxylation sites is 2. The van der Waals surface area contributed by atoms with Crippen LogP contribution in [0.1, 0.15) is 31.9 Å². The average Bonchev–Trinajstić information content (AvgIpc) is 2.75. The molecule has 0 aliphatic rings. The van der Waals surface area contributed by atoms with E-state index in [0.29, 0.717) is 0 Å². The molecule has 0 aliphatic heterocycles. The molecule has 0 unspecified atom stereocenters. The van der Waals surface area contributed by atoms with Gasteiger partial charge in [-0.2, -0.15) is 0 Å². The summed E-state index contributed by atoms with van der Waals surface area (Å²) in [5.74, 6) is 0. The molecule has 0 bridgehead atoms. The number of aromatic nitrogens is 2. The van der Waals surface area contributed by atoms with Crippen LogP contribution in [0.4, 0.5) is 0 Å². The number of fused-ring (bicyclic) bond motifs is 1. The maximum absolute atomic E-state index is 5.58. The Kier molecular flexibility index (Phi) is 3.25. The zero-order valence-electron chi connectivity index (χ0n) is 12.9. The molecule has 0 atom stereocenters. The van der Waals surface area contributed by atoms with Crippen molar-refractivity contribution in [1.82, 2.24) is 9.55 Å². The first-order valence-electron chi connectivity index (χ1n) is 7.20. The van der Waals surface area contributed by atoms with Crippen molar-refractivity contribution in [1.29, 1.82) is 0 Å². The first kappa shape index (κ1) is 14.1. The molecule has 0 fully saturated rings. The van der Waals surface area contributed by atoms with Crippen LogP contribution in [0, 0.1) is 11.7 Å². The van der Waals surface area contributed by atoms with Crippen LogP contribution in [0.5, 0.6) is 0 Å². The lowest BCUT2D eigenvalue weighted by molar-refractivity contribution is 0.586. The highest BCUT2D eigenvalue weighted by Gasteiger charge is 2.20. The highest BCUT2D eigenvalue weighted by atomic mass is 32.1. The van der Waals surface area contributed by atoms with Gasteiger partial charge < -0.3 is 4.98 Å². The Hall–Kier alpha value is -1.87. The summed E-state index contributed by atoms with van der Waals surface area (Å²) in [5.41, 5.74) is 6.00. The Bertz CT molecular complexity index is 863. The lowest BCUT2D eigenvalue weighted by atomic mass is 9.85. The van der Waals surface area contributed by atoms with Gasteiger partial charge in [-0.1, -0.05) is 51.1 Å². The van der Waals surface area contributed by atoms with Gasteiger partial charge in [-0.3, -0.25) is 4.57 Å². The summed E-state index contributed by atoms with van der Waals surface area (Å²) in [6.07, 6.45) is 0. The normalized spacial score (nSPS) is 12.0. The van der Waals surface area contributed by atoms with E-state index >= 15 is 0 Å². The lowest BCUT2D eigenvalue weighted by Crippen LogP contribution is -2.15. The highest BCUT2D eigenvalue weighted by Crippen LogP contribution is 2.31. The summed E-state index contributed by atoms with van der Waals surface area (Å²) in [7, 11) is 0. The van der Waals surface area contributed by atoms with Crippen molar-refractivity contribution >= 4 is 23.3 Å². The Morgan fingerprint density at radius 2 is 1.71 bits per heavy atom. The highest BCUT2D eigenvalue weighted by molar-refractivity contribution is 7.71. The molecular weight excluding hydrogens is 276 g/mol. The minimum absolute atomic E-state index is 0.0671. The van der Waals surface area contributed by atoms with E-state index in [9.17, 15) is 0 Å². The Morgan fingerprint density at radius 3 is 2.43 bits per heavy atom. The standard InChI is InChI=1S/C18H20N2S/c1-12-8-7-10-14-16(12)20(17(21)19-14)15-11-6-5-9-13(15)18(2,3)4/h5-11H,1-4H3,(H,19,21). The fourth-order valence-corrected chi connectivity index (χ4v) is 3.16. The van der Waals surface area contributed by atoms with Gasteiger partial charge in [0, 0.05) is 0 Å². The van der Waals surface area contributed by atoms with Crippen LogP contribution in [0.25, 0.3) is 16.7 Å². The summed E-state index contributed by atoms with van der Waals surface area (Å²) < 4.78 is 2.91. The quantitative estimate of drug-likeness (QED) is 0.605. The molecule has 0 aliphatic carbocycles. The summed E-state index contributed by atoms with van der Waals surface area (Å²) in [6, 6.07) is 14.8. The molecule has 0 saturated carbocycles. The van der Waals surface area contributed by atoms with Gasteiger partial charge in [-0.15, -0.1) is 0 Å². The molecule has 0 radical (unpaired) electrons. The van der Waals surface area contributed by atoms with Gasteiger partial charge in [-0.05, 0) is 47.8 Å². The second-order valence-corrected chi connectivity index (χ2v) is 6.89. The SMILES string of the molecule is Cc1cccc2[nH]c(=S)n(-c3ccccc3C(C)(C)C)c12. The molecule has 0 amide bonds. The molecule has 108 valence electrons. The Balaban J connectivity index is 2.43. The molecule has 2 nitrogen and oxygen atoms in total. The van der Waals surface area contributed by atoms with Crippen LogP contribution < -0.4 is 0 Å². The molecule has 3 heteroatoms. The zero-order valence-corrected chi connectivity index (χ0v) is 13.7. The molecule has 3 rings (SSSR count). The van der Waals surface area contributed by atoms with E-state index in [4.69, 9.17) is 12.2 Å². The van der Waals surface area contributed by atoms with Crippen molar-refractivity contribution in [2.24, 2.45) is 0 Å². The van der Waals surface area contributed by atoms with Crippen LogP contribution in [0.2, 0.25) is 0 Å². The number of benzene rings is 2. The maximum Gasteiger partial charge on any atom is 0.182 e. The number of hydrogen-bond acceptors (Lipinski definition) is 1. The number of rotatable bonds is 1. The van der Waals surface area contributed by atoms with Crippen molar-refractivity contribution in [3.8, 4) is 5.69 Å². The molecule has 1 N–H and O–H groups in total. The van der Waals surface area contributed by atoms with Gasteiger partial charge in [0.1, 0.15) is 0 Å². The second kappa shape index (κ2) is 4.85. The van der Waals surface area contributed by atoms with E-state index in [-0.39, 0.29) is 5.41 Å². The lowest BCUT2D eigenvalue weighted by Gasteiger charge is -2.23. The second-order valence-electron chi connectivity index (χ2n) is 6.50. The van der Waals surface area contributed by atoms with Crippen LogP contribution >= 0.6 is 12.2 Å². The first-order valence-corrected chi connectivity index (χ1v) is 7.60. The maximum atomic E-state index is 5.58. The molecular formula is C18H20N2S. The summed E-state index contributed by atoms with van der Waals surface area (Å²) in [5, 5.41) is 0.